The summed E-state index contributed by atoms with van der Waals surface area (Å²) >= 11 is 0. The molecule has 1 saturated carbocycles. The first-order chi connectivity index (χ1) is 11.0. The summed E-state index contributed by atoms with van der Waals surface area (Å²) in [5, 5.41) is 8.57. The van der Waals surface area contributed by atoms with E-state index in [1.54, 1.807) is 6.08 Å². The van der Waals surface area contributed by atoms with Crippen molar-refractivity contribution in [3.05, 3.63) is 24.3 Å². The highest BCUT2D eigenvalue weighted by molar-refractivity contribution is 5.90. The first-order valence-electron chi connectivity index (χ1n) is 8.65. The number of ketones is 2. The van der Waals surface area contributed by atoms with Gasteiger partial charge in [0.05, 0.1) is 0 Å². The van der Waals surface area contributed by atoms with Crippen LogP contribution in [-0.4, -0.2) is 22.6 Å². The van der Waals surface area contributed by atoms with Crippen molar-refractivity contribution in [1.29, 1.82) is 0 Å². The fourth-order valence-corrected chi connectivity index (χ4v) is 2.87. The van der Waals surface area contributed by atoms with Crippen molar-refractivity contribution in [2.75, 3.05) is 0 Å². The Kier molecular flexibility index (Phi) is 9.18. The molecule has 4 nitrogen and oxygen atoms in total. The third-order valence-electron chi connectivity index (χ3n) is 4.28. The molecule has 0 bridgehead atoms. The summed E-state index contributed by atoms with van der Waals surface area (Å²) in [5.74, 6) is -0.218. The number of carboxylic acids is 1. The number of Topliss-reactive ketones (excluding diaryl/α,β-unsaturated/α-hetero) is 1. The van der Waals surface area contributed by atoms with Crippen molar-refractivity contribution in [3.8, 4) is 0 Å². The van der Waals surface area contributed by atoms with Gasteiger partial charge in [-0.05, 0) is 44.1 Å². The van der Waals surface area contributed by atoms with Gasteiger partial charge in [-0.25, -0.2) is 0 Å². The van der Waals surface area contributed by atoms with Gasteiger partial charge in [-0.15, -0.1) is 0 Å². The van der Waals surface area contributed by atoms with Gasteiger partial charge in [-0.3, -0.25) is 14.4 Å². The number of allylic oxidation sites excluding steroid dienone is 4. The molecular formula is C19H28O4. The summed E-state index contributed by atoms with van der Waals surface area (Å²) in [5.41, 5.74) is 0. The van der Waals surface area contributed by atoms with E-state index in [9.17, 15) is 14.4 Å². The highest BCUT2D eigenvalue weighted by Gasteiger charge is 2.31. The van der Waals surface area contributed by atoms with Crippen LogP contribution in [0.15, 0.2) is 24.3 Å². The molecule has 1 fully saturated rings. The number of carbonyl (C=O) groups is 3. The molecule has 0 aliphatic heterocycles. The molecular weight excluding hydrogens is 292 g/mol. The average Bonchev–Trinajstić information content (AvgIpc) is 2.86. The van der Waals surface area contributed by atoms with E-state index in [2.05, 4.69) is 6.92 Å². The highest BCUT2D eigenvalue weighted by Crippen LogP contribution is 2.32. The third-order valence-corrected chi connectivity index (χ3v) is 4.28. The van der Waals surface area contributed by atoms with Gasteiger partial charge in [0.1, 0.15) is 5.78 Å². The van der Waals surface area contributed by atoms with Gasteiger partial charge >= 0.3 is 5.97 Å². The average molecular weight is 320 g/mol. The molecule has 0 aromatic carbocycles. The number of rotatable bonds is 11. The summed E-state index contributed by atoms with van der Waals surface area (Å²) in [6.45, 7) is 2.06. The second kappa shape index (κ2) is 10.9. The maximum atomic E-state index is 12.0. The summed E-state index contributed by atoms with van der Waals surface area (Å²) in [7, 11) is 0. The van der Waals surface area contributed by atoms with E-state index in [1.807, 2.05) is 18.2 Å². The second-order valence-electron chi connectivity index (χ2n) is 6.20. The lowest BCUT2D eigenvalue weighted by Gasteiger charge is -2.12. The van der Waals surface area contributed by atoms with Gasteiger partial charge in [-0.1, -0.05) is 31.6 Å². The van der Waals surface area contributed by atoms with Gasteiger partial charge in [0.2, 0.25) is 0 Å². The monoisotopic (exact) mass is 320 g/mol. The van der Waals surface area contributed by atoms with Gasteiger partial charge in [0, 0.05) is 25.2 Å². The minimum Gasteiger partial charge on any atom is -0.481 e. The maximum Gasteiger partial charge on any atom is 0.303 e. The predicted octanol–water partition coefficient (Wildman–Crippen LogP) is 4.10. The van der Waals surface area contributed by atoms with Gasteiger partial charge in [-0.2, -0.15) is 0 Å². The van der Waals surface area contributed by atoms with E-state index in [0.29, 0.717) is 25.7 Å². The Balaban J connectivity index is 2.40. The summed E-state index contributed by atoms with van der Waals surface area (Å²) < 4.78 is 0. The van der Waals surface area contributed by atoms with Crippen molar-refractivity contribution >= 4 is 17.5 Å². The van der Waals surface area contributed by atoms with Gasteiger partial charge in [0.15, 0.2) is 5.78 Å². The van der Waals surface area contributed by atoms with Crippen LogP contribution in [0.25, 0.3) is 0 Å². The zero-order valence-electron chi connectivity index (χ0n) is 14.0. The first kappa shape index (κ1) is 19.3. The van der Waals surface area contributed by atoms with Crippen molar-refractivity contribution < 1.29 is 19.5 Å². The van der Waals surface area contributed by atoms with Crippen molar-refractivity contribution in [1.82, 2.24) is 0 Å². The molecule has 1 N–H and O–H groups in total. The number of carboxylic acid groups (broad SMARTS) is 1. The van der Waals surface area contributed by atoms with E-state index < -0.39 is 5.97 Å². The molecule has 1 aliphatic carbocycles. The lowest BCUT2D eigenvalue weighted by atomic mass is 9.91. The first-order valence-corrected chi connectivity index (χ1v) is 8.65. The Morgan fingerprint density at radius 3 is 2.70 bits per heavy atom. The Bertz CT molecular complexity index is 462. The fraction of sp³-hybridized carbons (Fsp3) is 0.632. The van der Waals surface area contributed by atoms with Crippen molar-refractivity contribution in [2.24, 2.45) is 11.8 Å². The Hall–Kier alpha value is -1.71. The quantitative estimate of drug-likeness (QED) is 0.353. The van der Waals surface area contributed by atoms with Crippen LogP contribution in [0.4, 0.5) is 0 Å². The number of hydrogen-bond acceptors (Lipinski definition) is 3. The normalized spacial score (nSPS) is 21.5. The number of unbranched alkanes of at least 4 members (excludes halogenated alkanes) is 2. The summed E-state index contributed by atoms with van der Waals surface area (Å²) in [6.07, 6.45) is 13.7. The lowest BCUT2D eigenvalue weighted by Crippen LogP contribution is -2.12. The van der Waals surface area contributed by atoms with Crippen LogP contribution in [0.5, 0.6) is 0 Å². The van der Waals surface area contributed by atoms with Crippen LogP contribution in [0.2, 0.25) is 0 Å². The standard InChI is InChI=1S/C19H28O4/c1-2-3-8-16(20)13-11-15-12-14-18(21)17(15)9-6-4-5-7-10-19(22)23/h4,6,11,13,15,17H,2-3,5,7-10,12,14H2,1H3,(H,22,23). The van der Waals surface area contributed by atoms with E-state index in [4.69, 9.17) is 5.11 Å². The molecule has 0 aromatic heterocycles. The molecule has 128 valence electrons. The van der Waals surface area contributed by atoms with E-state index in [1.165, 1.54) is 0 Å². The van der Waals surface area contributed by atoms with Crippen molar-refractivity contribution in [2.45, 2.75) is 64.7 Å². The molecule has 0 radical (unpaired) electrons. The molecule has 1 rings (SSSR count). The molecule has 0 amide bonds. The highest BCUT2D eigenvalue weighted by atomic mass is 16.4. The zero-order chi connectivity index (χ0) is 17.1. The van der Waals surface area contributed by atoms with Crippen LogP contribution in [-0.2, 0) is 14.4 Å². The molecule has 0 heterocycles. The molecule has 2 atom stereocenters. The van der Waals surface area contributed by atoms with Crippen LogP contribution in [0.1, 0.15) is 64.7 Å². The SMILES string of the molecule is CCCCC(=O)C=CC1CCC(=O)C1CC=CCCCC(=O)O. The van der Waals surface area contributed by atoms with Crippen LogP contribution in [0, 0.1) is 11.8 Å². The lowest BCUT2D eigenvalue weighted by molar-refractivity contribution is -0.137. The molecule has 0 aromatic rings. The molecule has 0 spiro atoms. The second-order valence-corrected chi connectivity index (χ2v) is 6.20. The molecule has 4 heteroatoms. The largest absolute Gasteiger partial charge is 0.481 e. The molecule has 0 saturated heterocycles. The molecule has 1 aliphatic rings. The van der Waals surface area contributed by atoms with E-state index >= 15 is 0 Å². The summed E-state index contributed by atoms with van der Waals surface area (Å²) in [4.78, 5) is 34.1. The third kappa shape index (κ3) is 7.91. The Morgan fingerprint density at radius 2 is 2.00 bits per heavy atom. The van der Waals surface area contributed by atoms with Crippen LogP contribution in [0.3, 0.4) is 0 Å². The summed E-state index contributed by atoms with van der Waals surface area (Å²) in [6, 6.07) is 0. The predicted molar refractivity (Wildman–Crippen MR) is 90.1 cm³/mol. The Morgan fingerprint density at radius 1 is 1.22 bits per heavy atom. The minimum atomic E-state index is -0.776. The van der Waals surface area contributed by atoms with E-state index in [-0.39, 0.29) is 29.8 Å². The smallest absolute Gasteiger partial charge is 0.303 e. The van der Waals surface area contributed by atoms with Gasteiger partial charge < -0.3 is 5.11 Å². The topological polar surface area (TPSA) is 71.4 Å². The minimum absolute atomic E-state index is 0.0269. The molecule has 23 heavy (non-hydrogen) atoms. The van der Waals surface area contributed by atoms with E-state index in [0.717, 1.165) is 25.7 Å². The number of hydrogen-bond donors (Lipinski definition) is 1. The Labute approximate surface area is 138 Å². The van der Waals surface area contributed by atoms with Crippen molar-refractivity contribution in [3.63, 3.8) is 0 Å². The number of aliphatic carboxylic acids is 1. The fourth-order valence-electron chi connectivity index (χ4n) is 2.87. The maximum absolute atomic E-state index is 12.0. The molecule has 2 unspecified atom stereocenters. The number of carbonyl (C=O) groups excluding carboxylic acids is 2. The zero-order valence-corrected chi connectivity index (χ0v) is 14.0. The van der Waals surface area contributed by atoms with Gasteiger partial charge in [0.25, 0.3) is 0 Å². The van der Waals surface area contributed by atoms with Crippen LogP contribution >= 0.6 is 0 Å². The van der Waals surface area contributed by atoms with Crippen LogP contribution < -0.4 is 0 Å².